The Hall–Kier alpha value is -4.62. The van der Waals surface area contributed by atoms with Crippen LogP contribution in [0.4, 0.5) is 0 Å². The number of amides is 1. The van der Waals surface area contributed by atoms with Crippen LogP contribution in [0.3, 0.4) is 0 Å². The van der Waals surface area contributed by atoms with Crippen LogP contribution in [0.5, 0.6) is 0 Å². The van der Waals surface area contributed by atoms with Crippen LogP contribution < -0.4 is 16.0 Å². The van der Waals surface area contributed by atoms with Crippen molar-refractivity contribution in [2.75, 3.05) is 52.4 Å². The lowest BCUT2D eigenvalue weighted by Crippen LogP contribution is -2.33. The molecule has 3 heterocycles. The third-order valence-electron chi connectivity index (χ3n) is 12.4. The van der Waals surface area contributed by atoms with Crippen LogP contribution in [-0.2, 0) is 62.7 Å². The number of carbonyl (C=O) groups is 4. The molecule has 0 radical (unpaired) electrons. The molecule has 3 aliphatic rings. The minimum absolute atomic E-state index is 0.0593. The quantitative estimate of drug-likeness (QED) is 0.0794. The van der Waals surface area contributed by atoms with Gasteiger partial charge in [-0.2, -0.15) is 0 Å². The number of ether oxygens (including phenoxy) is 1. The Labute approximate surface area is 341 Å². The summed E-state index contributed by atoms with van der Waals surface area (Å²) in [5, 5.41) is 39.8. The average Bonchev–Trinajstić information content (AvgIpc) is 4.03. The first-order valence-electron chi connectivity index (χ1n) is 21.0. The summed E-state index contributed by atoms with van der Waals surface area (Å²) in [6, 6.07) is 23.5. The highest BCUT2D eigenvalue weighted by Crippen LogP contribution is 2.27. The summed E-state index contributed by atoms with van der Waals surface area (Å²) in [4.78, 5) is 52.4. The Balaban J connectivity index is 1.10. The molecular formula is C46H60N4O8. The molecule has 0 bridgehead atoms. The number of hydrogen-bond donors (Lipinski definition) is 6. The fraction of sp³-hybridized carbons (Fsp3) is 0.522. The molecule has 3 aliphatic heterocycles. The summed E-state index contributed by atoms with van der Waals surface area (Å²) in [5.41, 5.74) is 5.54. The average molecular weight is 797 g/mol. The zero-order chi connectivity index (χ0) is 40.9. The number of benzene rings is 3. The van der Waals surface area contributed by atoms with E-state index in [1.54, 1.807) is 0 Å². The van der Waals surface area contributed by atoms with Crippen LogP contribution in [0, 0.1) is 35.5 Å². The maximum atomic E-state index is 14.1. The zero-order valence-electron chi connectivity index (χ0n) is 33.5. The Kier molecular flexibility index (Phi) is 15.9. The molecule has 1 amide bonds. The van der Waals surface area contributed by atoms with E-state index in [1.807, 2.05) is 77.7 Å². The Morgan fingerprint density at radius 2 is 1.02 bits per heavy atom. The summed E-state index contributed by atoms with van der Waals surface area (Å²) < 4.78 is 6.10. The first-order chi connectivity index (χ1) is 28.1. The molecule has 12 heteroatoms. The lowest BCUT2D eigenvalue weighted by molar-refractivity contribution is -0.144. The molecule has 12 nitrogen and oxygen atoms in total. The highest BCUT2D eigenvalue weighted by atomic mass is 16.5. The van der Waals surface area contributed by atoms with E-state index in [0.717, 1.165) is 78.8 Å². The van der Waals surface area contributed by atoms with E-state index >= 15 is 0 Å². The fourth-order valence-electron chi connectivity index (χ4n) is 9.10. The van der Waals surface area contributed by atoms with Gasteiger partial charge in [-0.25, -0.2) is 0 Å². The van der Waals surface area contributed by atoms with Crippen LogP contribution in [-0.4, -0.2) is 96.5 Å². The molecule has 6 unspecified atom stereocenters. The minimum Gasteiger partial charge on any atom is -0.481 e. The number of hydrogen-bond acceptors (Lipinski definition) is 8. The number of nitrogens with one attached hydrogen (secondary N) is 3. The molecule has 3 fully saturated rings. The van der Waals surface area contributed by atoms with Gasteiger partial charge in [0, 0.05) is 19.7 Å². The molecule has 0 spiro atoms. The van der Waals surface area contributed by atoms with E-state index in [1.165, 1.54) is 0 Å². The summed E-state index contributed by atoms with van der Waals surface area (Å²) in [7, 11) is 0. The second-order valence-electron chi connectivity index (χ2n) is 16.6. The molecule has 312 valence electrons. The normalized spacial score (nSPS) is 20.7. The van der Waals surface area contributed by atoms with Crippen molar-refractivity contribution in [1.82, 2.24) is 20.9 Å². The van der Waals surface area contributed by atoms with E-state index in [9.17, 15) is 34.5 Å². The second-order valence-corrected chi connectivity index (χ2v) is 16.6. The summed E-state index contributed by atoms with van der Waals surface area (Å²) in [6.45, 7) is 6.21. The van der Waals surface area contributed by atoms with E-state index in [0.29, 0.717) is 65.1 Å². The van der Waals surface area contributed by atoms with E-state index < -0.39 is 35.7 Å². The van der Waals surface area contributed by atoms with E-state index in [-0.39, 0.29) is 30.1 Å². The second kappa shape index (κ2) is 21.4. The first-order valence-corrected chi connectivity index (χ1v) is 21.0. The number of nitrogens with zero attached hydrogens (tertiary/aromatic N) is 1. The standard InChI is InChI=1S/C46H60N4O8/c51-43(25-34-8-1-5-31(19-34)22-40(44(52)53)37-11-14-47-26-37)50(29-35-9-2-6-32(20-35)23-41(45(54)55)38-12-15-48-27-38)17-4-18-58-30-36-10-3-7-33(21-36)24-42(46(56)57)39-13-16-49-28-39/h1-3,5-10,19-21,37-42,47-49H,4,11-18,22-30H2,(H,52,53)(H,54,55)(H,56,57). The molecule has 6 N–H and O–H groups in total. The highest BCUT2D eigenvalue weighted by molar-refractivity contribution is 5.79. The molecular weight excluding hydrogens is 737 g/mol. The van der Waals surface area contributed by atoms with Crippen molar-refractivity contribution in [3.8, 4) is 0 Å². The minimum atomic E-state index is -0.794. The van der Waals surface area contributed by atoms with Crippen molar-refractivity contribution in [2.45, 2.75) is 64.5 Å². The van der Waals surface area contributed by atoms with Crippen molar-refractivity contribution in [1.29, 1.82) is 0 Å². The van der Waals surface area contributed by atoms with Gasteiger partial charge in [0.25, 0.3) is 0 Å². The van der Waals surface area contributed by atoms with Crippen LogP contribution in [0.15, 0.2) is 72.8 Å². The zero-order valence-corrected chi connectivity index (χ0v) is 33.5. The van der Waals surface area contributed by atoms with Crippen molar-refractivity contribution >= 4 is 23.8 Å². The molecule has 58 heavy (non-hydrogen) atoms. The molecule has 3 aromatic rings. The molecule has 3 aromatic carbocycles. The van der Waals surface area contributed by atoms with Crippen LogP contribution >= 0.6 is 0 Å². The monoisotopic (exact) mass is 796 g/mol. The number of aliphatic carboxylic acids is 3. The van der Waals surface area contributed by atoms with Crippen molar-refractivity contribution < 1.29 is 39.2 Å². The van der Waals surface area contributed by atoms with Gasteiger partial charge in [0.05, 0.1) is 30.8 Å². The maximum Gasteiger partial charge on any atom is 0.307 e. The third-order valence-corrected chi connectivity index (χ3v) is 12.4. The number of carbonyl (C=O) groups excluding carboxylic acids is 1. The van der Waals surface area contributed by atoms with E-state index in [4.69, 9.17) is 4.74 Å². The summed E-state index contributed by atoms with van der Waals surface area (Å²) >= 11 is 0. The van der Waals surface area contributed by atoms with Crippen molar-refractivity contribution in [2.24, 2.45) is 35.5 Å². The molecule has 0 aliphatic carbocycles. The summed E-state index contributed by atoms with van der Waals surface area (Å²) in [6.07, 6.45) is 4.60. The molecule has 3 saturated heterocycles. The van der Waals surface area contributed by atoms with Crippen LogP contribution in [0.25, 0.3) is 0 Å². The predicted molar refractivity (Wildman–Crippen MR) is 220 cm³/mol. The van der Waals surface area contributed by atoms with Crippen LogP contribution in [0.1, 0.15) is 59.1 Å². The van der Waals surface area contributed by atoms with Gasteiger partial charge in [-0.1, -0.05) is 72.8 Å². The van der Waals surface area contributed by atoms with Crippen molar-refractivity contribution in [3.63, 3.8) is 0 Å². The molecule has 6 rings (SSSR count). The Morgan fingerprint density at radius 1 is 0.603 bits per heavy atom. The first kappa shape index (κ1) is 43.0. The van der Waals surface area contributed by atoms with Crippen molar-refractivity contribution in [3.05, 3.63) is 106 Å². The largest absolute Gasteiger partial charge is 0.481 e. The number of carboxylic acids is 3. The smallest absolute Gasteiger partial charge is 0.307 e. The fourth-order valence-corrected chi connectivity index (χ4v) is 9.10. The van der Waals surface area contributed by atoms with Gasteiger partial charge >= 0.3 is 17.9 Å². The molecule has 0 saturated carbocycles. The lowest BCUT2D eigenvalue weighted by Gasteiger charge is -2.24. The van der Waals surface area contributed by atoms with E-state index in [2.05, 4.69) is 16.0 Å². The van der Waals surface area contributed by atoms with Gasteiger partial charge in [-0.3, -0.25) is 19.2 Å². The lowest BCUT2D eigenvalue weighted by atomic mass is 9.86. The maximum absolute atomic E-state index is 14.1. The molecule has 0 aromatic heterocycles. The van der Waals surface area contributed by atoms with Gasteiger partial charge in [0.2, 0.25) is 5.91 Å². The van der Waals surface area contributed by atoms with Crippen LogP contribution in [0.2, 0.25) is 0 Å². The highest BCUT2D eigenvalue weighted by Gasteiger charge is 2.33. The summed E-state index contributed by atoms with van der Waals surface area (Å²) in [5.74, 6) is -3.54. The van der Waals surface area contributed by atoms with Gasteiger partial charge in [-0.05, 0) is 135 Å². The predicted octanol–water partition coefficient (Wildman–Crippen LogP) is 4.42. The topological polar surface area (TPSA) is 178 Å². The van der Waals surface area contributed by atoms with Gasteiger partial charge in [-0.15, -0.1) is 0 Å². The number of rotatable bonds is 22. The SMILES string of the molecule is O=C(O)C(Cc1cccc(COCCCN(Cc2cccc(CC(C(=O)O)C3CCNC3)c2)C(=O)Cc2cccc(CC(C(=O)O)C3CCNC3)c2)c1)C1CCNC1. The third kappa shape index (κ3) is 12.4. The van der Waals surface area contributed by atoms with Gasteiger partial charge in [0.1, 0.15) is 0 Å². The van der Waals surface area contributed by atoms with Gasteiger partial charge < -0.3 is 40.9 Å². The number of carboxylic acid groups (broad SMARTS) is 3. The molecule has 6 atom stereocenters. The van der Waals surface area contributed by atoms with Gasteiger partial charge in [0.15, 0.2) is 0 Å². The Morgan fingerprint density at radius 3 is 1.47 bits per heavy atom. The Bertz CT molecular complexity index is 1840.